The summed E-state index contributed by atoms with van der Waals surface area (Å²) in [5, 5.41) is 8.16. The van der Waals surface area contributed by atoms with Gasteiger partial charge in [-0.2, -0.15) is 0 Å². The molecular weight excluding hydrogens is 320 g/mol. The van der Waals surface area contributed by atoms with Gasteiger partial charge in [-0.25, -0.2) is 0 Å². The van der Waals surface area contributed by atoms with Gasteiger partial charge in [0.2, 0.25) is 0 Å². The highest BCUT2D eigenvalue weighted by molar-refractivity contribution is 7.80. The Balaban J connectivity index is 2.33. The minimum absolute atomic E-state index is 0.216. The standard InChI is InChI=1S/C14H28N4O2S2/c1-11(9-19-3)15-13(21)17-5-7-18(8-6-17)14(22)16-12(2)10-20-4/h11-12H,5-10H2,1-4H3,(H,15,21)(H,16,22)/t11-,12+. The summed E-state index contributed by atoms with van der Waals surface area (Å²) in [6.45, 7) is 8.87. The quantitative estimate of drug-likeness (QED) is 0.670. The van der Waals surface area contributed by atoms with Crippen LogP contribution in [0.4, 0.5) is 0 Å². The zero-order valence-corrected chi connectivity index (χ0v) is 15.6. The van der Waals surface area contributed by atoms with Crippen LogP contribution in [0.3, 0.4) is 0 Å². The van der Waals surface area contributed by atoms with Crippen LogP contribution in [0.15, 0.2) is 0 Å². The van der Waals surface area contributed by atoms with Crippen molar-refractivity contribution in [3.8, 4) is 0 Å². The molecule has 0 unspecified atom stereocenters. The van der Waals surface area contributed by atoms with E-state index < -0.39 is 0 Å². The molecule has 0 aromatic heterocycles. The van der Waals surface area contributed by atoms with E-state index in [1.54, 1.807) is 14.2 Å². The van der Waals surface area contributed by atoms with Crippen molar-refractivity contribution >= 4 is 34.7 Å². The number of nitrogens with zero attached hydrogens (tertiary/aromatic N) is 2. The van der Waals surface area contributed by atoms with Crippen LogP contribution in [-0.4, -0.2) is 85.7 Å². The van der Waals surface area contributed by atoms with Gasteiger partial charge in [0.15, 0.2) is 10.2 Å². The summed E-state index contributed by atoms with van der Waals surface area (Å²) in [7, 11) is 3.39. The molecule has 6 nitrogen and oxygen atoms in total. The minimum atomic E-state index is 0.216. The summed E-state index contributed by atoms with van der Waals surface area (Å²) in [4.78, 5) is 4.36. The zero-order chi connectivity index (χ0) is 16.5. The lowest BCUT2D eigenvalue weighted by Crippen LogP contribution is -2.57. The molecule has 0 aromatic rings. The molecule has 0 spiro atoms. The highest BCUT2D eigenvalue weighted by atomic mass is 32.1. The fourth-order valence-electron chi connectivity index (χ4n) is 2.30. The van der Waals surface area contributed by atoms with Gasteiger partial charge in [-0.05, 0) is 38.3 Å². The van der Waals surface area contributed by atoms with E-state index >= 15 is 0 Å². The van der Waals surface area contributed by atoms with Gasteiger partial charge < -0.3 is 29.9 Å². The largest absolute Gasteiger partial charge is 0.383 e. The first-order valence-corrected chi connectivity index (χ1v) is 8.38. The van der Waals surface area contributed by atoms with Crippen molar-refractivity contribution in [3.63, 3.8) is 0 Å². The van der Waals surface area contributed by atoms with Gasteiger partial charge in [0.1, 0.15) is 0 Å². The van der Waals surface area contributed by atoms with E-state index in [-0.39, 0.29) is 12.1 Å². The fourth-order valence-corrected chi connectivity index (χ4v) is 3.07. The van der Waals surface area contributed by atoms with E-state index in [4.69, 9.17) is 33.9 Å². The average molecular weight is 349 g/mol. The van der Waals surface area contributed by atoms with Crippen molar-refractivity contribution in [2.45, 2.75) is 25.9 Å². The van der Waals surface area contributed by atoms with Crippen molar-refractivity contribution in [2.24, 2.45) is 0 Å². The molecule has 0 bridgehead atoms. The molecule has 128 valence electrons. The maximum atomic E-state index is 5.45. The molecule has 22 heavy (non-hydrogen) atoms. The first-order valence-electron chi connectivity index (χ1n) is 7.56. The Labute approximate surface area is 144 Å². The van der Waals surface area contributed by atoms with Crippen LogP contribution in [0.2, 0.25) is 0 Å². The van der Waals surface area contributed by atoms with Crippen LogP contribution in [-0.2, 0) is 9.47 Å². The highest BCUT2D eigenvalue weighted by Crippen LogP contribution is 2.04. The highest BCUT2D eigenvalue weighted by Gasteiger charge is 2.21. The smallest absolute Gasteiger partial charge is 0.169 e. The van der Waals surface area contributed by atoms with Crippen molar-refractivity contribution in [2.75, 3.05) is 53.6 Å². The minimum Gasteiger partial charge on any atom is -0.383 e. The fraction of sp³-hybridized carbons (Fsp3) is 0.857. The van der Waals surface area contributed by atoms with E-state index in [1.807, 2.05) is 0 Å². The maximum Gasteiger partial charge on any atom is 0.169 e. The van der Waals surface area contributed by atoms with Crippen LogP contribution in [0.25, 0.3) is 0 Å². The van der Waals surface area contributed by atoms with E-state index in [0.29, 0.717) is 13.2 Å². The monoisotopic (exact) mass is 348 g/mol. The normalized spacial score (nSPS) is 17.8. The SMILES string of the molecule is COC[C@@H](C)NC(=S)N1CCN(C(=S)N[C@@H](C)COC)CC1. The predicted octanol–water partition coefficient (Wildman–Crippen LogP) is 0.423. The van der Waals surface area contributed by atoms with E-state index in [1.165, 1.54) is 0 Å². The van der Waals surface area contributed by atoms with E-state index in [2.05, 4.69) is 34.3 Å². The van der Waals surface area contributed by atoms with Crippen LogP contribution in [0, 0.1) is 0 Å². The predicted molar refractivity (Wildman–Crippen MR) is 97.3 cm³/mol. The third kappa shape index (κ3) is 6.60. The average Bonchev–Trinajstić information content (AvgIpc) is 2.47. The lowest BCUT2D eigenvalue weighted by atomic mass is 10.3. The number of piperazine rings is 1. The second-order valence-corrected chi connectivity index (χ2v) is 6.36. The third-order valence-corrected chi connectivity index (χ3v) is 4.18. The molecule has 0 saturated carbocycles. The Morgan fingerprint density at radius 3 is 1.45 bits per heavy atom. The topological polar surface area (TPSA) is 49.0 Å². The molecule has 0 radical (unpaired) electrons. The molecule has 0 aliphatic carbocycles. The lowest BCUT2D eigenvalue weighted by molar-refractivity contribution is 0.174. The van der Waals surface area contributed by atoms with Crippen molar-refractivity contribution in [3.05, 3.63) is 0 Å². The molecule has 2 N–H and O–H groups in total. The summed E-state index contributed by atoms with van der Waals surface area (Å²) in [5.74, 6) is 0. The van der Waals surface area contributed by atoms with E-state index in [9.17, 15) is 0 Å². The molecule has 1 rings (SSSR count). The number of methoxy groups -OCH3 is 2. The molecule has 0 amide bonds. The summed E-state index contributed by atoms with van der Waals surface area (Å²) in [6.07, 6.45) is 0. The molecule has 0 aromatic carbocycles. The van der Waals surface area contributed by atoms with E-state index in [0.717, 1.165) is 36.4 Å². The molecular formula is C14H28N4O2S2. The first-order chi connectivity index (χ1) is 10.5. The number of ether oxygens (including phenoxy) is 2. The number of thiocarbonyl (C=S) groups is 2. The van der Waals surface area contributed by atoms with Crippen LogP contribution in [0.1, 0.15) is 13.8 Å². The summed E-state index contributed by atoms with van der Waals surface area (Å²) in [5.41, 5.74) is 0. The van der Waals surface area contributed by atoms with Gasteiger partial charge in [0.05, 0.1) is 13.2 Å². The second kappa shape index (κ2) is 10.1. The van der Waals surface area contributed by atoms with Crippen molar-refractivity contribution in [1.82, 2.24) is 20.4 Å². The number of nitrogens with one attached hydrogen (secondary N) is 2. The molecule has 1 heterocycles. The summed E-state index contributed by atoms with van der Waals surface area (Å²) in [6, 6.07) is 0.432. The second-order valence-electron chi connectivity index (χ2n) is 5.59. The molecule has 1 aliphatic heterocycles. The third-order valence-electron chi connectivity index (χ3n) is 3.43. The van der Waals surface area contributed by atoms with Gasteiger partial charge in [-0.1, -0.05) is 0 Å². The maximum absolute atomic E-state index is 5.45. The van der Waals surface area contributed by atoms with Crippen LogP contribution < -0.4 is 10.6 Å². The van der Waals surface area contributed by atoms with Crippen LogP contribution >= 0.6 is 24.4 Å². The van der Waals surface area contributed by atoms with Gasteiger partial charge in [0, 0.05) is 52.5 Å². The molecule has 1 fully saturated rings. The van der Waals surface area contributed by atoms with Crippen molar-refractivity contribution < 1.29 is 9.47 Å². The van der Waals surface area contributed by atoms with Gasteiger partial charge in [0.25, 0.3) is 0 Å². The summed E-state index contributed by atoms with van der Waals surface area (Å²) < 4.78 is 10.2. The van der Waals surface area contributed by atoms with Crippen LogP contribution in [0.5, 0.6) is 0 Å². The zero-order valence-electron chi connectivity index (χ0n) is 13.9. The molecule has 1 saturated heterocycles. The van der Waals surface area contributed by atoms with Gasteiger partial charge in [-0.3, -0.25) is 0 Å². The summed E-state index contributed by atoms with van der Waals surface area (Å²) >= 11 is 10.9. The number of hydrogen-bond donors (Lipinski definition) is 2. The molecule has 8 heteroatoms. The number of rotatable bonds is 6. The Morgan fingerprint density at radius 1 is 0.864 bits per heavy atom. The first kappa shape index (κ1) is 19.3. The molecule has 2 atom stereocenters. The van der Waals surface area contributed by atoms with Crippen molar-refractivity contribution in [1.29, 1.82) is 0 Å². The van der Waals surface area contributed by atoms with Gasteiger partial charge >= 0.3 is 0 Å². The Kier molecular flexibility index (Phi) is 8.92. The lowest BCUT2D eigenvalue weighted by Gasteiger charge is -2.38. The molecule has 1 aliphatic rings. The Morgan fingerprint density at radius 2 is 1.18 bits per heavy atom. The Bertz CT molecular complexity index is 329. The number of hydrogen-bond acceptors (Lipinski definition) is 4. The Hall–Kier alpha value is -0.700. The van der Waals surface area contributed by atoms with Gasteiger partial charge in [-0.15, -0.1) is 0 Å².